The third-order valence-electron chi connectivity index (χ3n) is 5.24. The summed E-state index contributed by atoms with van der Waals surface area (Å²) in [6, 6.07) is 0. The quantitative estimate of drug-likeness (QED) is 0.217. The fraction of sp³-hybridized carbons (Fsp3) is 0.875. The molecule has 188 valence electrons. The molecular formula is C24H48FeO6. The van der Waals surface area contributed by atoms with Gasteiger partial charge in [-0.05, 0) is 38.5 Å². The Morgan fingerprint density at radius 3 is 0.806 bits per heavy atom. The van der Waals surface area contributed by atoms with Gasteiger partial charge >= 0.3 is 17.9 Å². The van der Waals surface area contributed by atoms with Crippen LogP contribution in [0.5, 0.6) is 0 Å². The van der Waals surface area contributed by atoms with Crippen molar-refractivity contribution < 1.29 is 46.8 Å². The molecule has 0 aliphatic rings. The summed E-state index contributed by atoms with van der Waals surface area (Å²) in [5.74, 6) is -2.26. The zero-order chi connectivity index (χ0) is 23.9. The first kappa shape index (κ1) is 37.3. The van der Waals surface area contributed by atoms with Gasteiger partial charge in [0.25, 0.3) is 0 Å². The van der Waals surface area contributed by atoms with E-state index in [4.69, 9.17) is 15.3 Å². The van der Waals surface area contributed by atoms with Crippen molar-refractivity contribution in [3.8, 4) is 0 Å². The Hall–Kier alpha value is -1.07. The van der Waals surface area contributed by atoms with Crippen LogP contribution in [0.4, 0.5) is 0 Å². The first-order valence-corrected chi connectivity index (χ1v) is 11.8. The zero-order valence-electron chi connectivity index (χ0n) is 20.6. The Balaban J connectivity index is -0.000000174. The molecular weight excluding hydrogens is 440 g/mol. The van der Waals surface area contributed by atoms with Crippen LogP contribution >= 0.6 is 0 Å². The van der Waals surface area contributed by atoms with E-state index in [-0.39, 0.29) is 34.8 Å². The number of carbonyl (C=O) groups is 3. The van der Waals surface area contributed by atoms with Gasteiger partial charge in [-0.1, -0.05) is 80.1 Å². The van der Waals surface area contributed by atoms with E-state index in [0.29, 0.717) is 0 Å². The van der Waals surface area contributed by atoms with Crippen molar-refractivity contribution in [2.75, 3.05) is 0 Å². The SMILES string of the molecule is CCCCC(CC)C(=O)O.CCCCC(CC)C(=O)O.CCCCC(CC)C(=O)O.[Fe]. The molecule has 7 heteroatoms. The number of rotatable bonds is 15. The molecule has 0 saturated heterocycles. The van der Waals surface area contributed by atoms with E-state index in [1.165, 1.54) is 0 Å². The molecule has 0 aromatic rings. The maximum absolute atomic E-state index is 10.4. The summed E-state index contributed by atoms with van der Waals surface area (Å²) in [4.78, 5) is 31.3. The molecule has 0 rings (SSSR count). The second kappa shape index (κ2) is 27.0. The average molecular weight is 488 g/mol. The Morgan fingerprint density at radius 2 is 0.710 bits per heavy atom. The zero-order valence-corrected chi connectivity index (χ0v) is 21.7. The summed E-state index contributed by atoms with van der Waals surface area (Å²) in [7, 11) is 0. The smallest absolute Gasteiger partial charge is 0.306 e. The van der Waals surface area contributed by atoms with E-state index < -0.39 is 17.9 Å². The fourth-order valence-corrected chi connectivity index (χ4v) is 2.86. The number of carboxylic acids is 3. The second-order valence-electron chi connectivity index (χ2n) is 7.76. The van der Waals surface area contributed by atoms with E-state index in [1.54, 1.807) is 0 Å². The van der Waals surface area contributed by atoms with Gasteiger partial charge in [0, 0.05) is 17.1 Å². The molecule has 0 saturated carbocycles. The largest absolute Gasteiger partial charge is 0.481 e. The van der Waals surface area contributed by atoms with E-state index in [1.807, 2.05) is 20.8 Å². The van der Waals surface area contributed by atoms with Crippen LogP contribution in [-0.4, -0.2) is 33.2 Å². The number of hydrogen-bond donors (Lipinski definition) is 3. The van der Waals surface area contributed by atoms with Crippen LogP contribution < -0.4 is 0 Å². The van der Waals surface area contributed by atoms with Gasteiger partial charge in [0.2, 0.25) is 0 Å². The molecule has 6 nitrogen and oxygen atoms in total. The summed E-state index contributed by atoms with van der Waals surface area (Å²) in [5.41, 5.74) is 0. The summed E-state index contributed by atoms with van der Waals surface area (Å²) in [6.07, 6.45) is 11.1. The van der Waals surface area contributed by atoms with Crippen molar-refractivity contribution in [1.82, 2.24) is 0 Å². The molecule has 3 atom stereocenters. The van der Waals surface area contributed by atoms with Crippen LogP contribution in [0, 0.1) is 17.8 Å². The van der Waals surface area contributed by atoms with Gasteiger partial charge in [0.15, 0.2) is 0 Å². The van der Waals surface area contributed by atoms with Crippen molar-refractivity contribution in [2.24, 2.45) is 17.8 Å². The van der Waals surface area contributed by atoms with Gasteiger partial charge in [-0.3, -0.25) is 14.4 Å². The minimum Gasteiger partial charge on any atom is -0.481 e. The van der Waals surface area contributed by atoms with Crippen LogP contribution in [-0.2, 0) is 31.5 Å². The van der Waals surface area contributed by atoms with E-state index >= 15 is 0 Å². The van der Waals surface area contributed by atoms with E-state index in [0.717, 1.165) is 77.0 Å². The minimum atomic E-state index is -0.643. The molecule has 0 aromatic carbocycles. The third-order valence-corrected chi connectivity index (χ3v) is 5.24. The fourth-order valence-electron chi connectivity index (χ4n) is 2.86. The maximum atomic E-state index is 10.4. The molecule has 0 amide bonds. The number of aliphatic carboxylic acids is 3. The van der Waals surface area contributed by atoms with Crippen LogP contribution in [0.15, 0.2) is 0 Å². The van der Waals surface area contributed by atoms with Crippen molar-refractivity contribution in [2.45, 2.75) is 119 Å². The monoisotopic (exact) mass is 488 g/mol. The Labute approximate surface area is 201 Å². The topological polar surface area (TPSA) is 112 Å². The number of unbranched alkanes of at least 4 members (excludes halogenated alkanes) is 3. The van der Waals surface area contributed by atoms with Crippen LogP contribution in [0.2, 0.25) is 0 Å². The van der Waals surface area contributed by atoms with E-state index in [9.17, 15) is 14.4 Å². The molecule has 0 radical (unpaired) electrons. The van der Waals surface area contributed by atoms with Crippen molar-refractivity contribution in [3.05, 3.63) is 0 Å². The average Bonchev–Trinajstić information content (AvgIpc) is 2.70. The summed E-state index contributed by atoms with van der Waals surface area (Å²) in [5, 5.41) is 25.8. The molecule has 0 aliphatic heterocycles. The number of carboxylic acid groups (broad SMARTS) is 3. The van der Waals surface area contributed by atoms with Crippen molar-refractivity contribution in [3.63, 3.8) is 0 Å². The van der Waals surface area contributed by atoms with Gasteiger partial charge < -0.3 is 15.3 Å². The Kier molecular flexibility index (Phi) is 32.4. The predicted molar refractivity (Wildman–Crippen MR) is 123 cm³/mol. The molecule has 3 N–H and O–H groups in total. The first-order valence-electron chi connectivity index (χ1n) is 11.8. The molecule has 0 heterocycles. The van der Waals surface area contributed by atoms with Gasteiger partial charge in [0.1, 0.15) is 0 Å². The normalized spacial score (nSPS) is 12.6. The molecule has 31 heavy (non-hydrogen) atoms. The predicted octanol–water partition coefficient (Wildman–Crippen LogP) is 6.86. The van der Waals surface area contributed by atoms with Gasteiger partial charge in [-0.25, -0.2) is 0 Å². The summed E-state index contributed by atoms with van der Waals surface area (Å²) >= 11 is 0. The molecule has 0 bridgehead atoms. The summed E-state index contributed by atoms with van der Waals surface area (Å²) < 4.78 is 0. The standard InChI is InChI=1S/3C8H16O2.Fe/c3*1-3-5-6-7(4-2)8(9)10;/h3*7H,3-6H2,1-2H3,(H,9,10);. The molecule has 0 aliphatic carbocycles. The van der Waals surface area contributed by atoms with Gasteiger partial charge in [0.05, 0.1) is 17.8 Å². The number of hydrogen-bond acceptors (Lipinski definition) is 3. The van der Waals surface area contributed by atoms with Crippen LogP contribution in [0.25, 0.3) is 0 Å². The first-order chi connectivity index (χ1) is 14.2. The summed E-state index contributed by atoms with van der Waals surface area (Å²) in [6.45, 7) is 12.0. The van der Waals surface area contributed by atoms with E-state index in [2.05, 4.69) is 20.8 Å². The van der Waals surface area contributed by atoms with Crippen LogP contribution in [0.3, 0.4) is 0 Å². The molecule has 3 unspecified atom stereocenters. The Morgan fingerprint density at radius 1 is 0.516 bits per heavy atom. The minimum absolute atomic E-state index is 0. The third kappa shape index (κ3) is 25.1. The molecule has 0 aromatic heterocycles. The Bertz CT molecular complexity index is 366. The van der Waals surface area contributed by atoms with Crippen molar-refractivity contribution in [1.29, 1.82) is 0 Å². The molecule has 0 fully saturated rings. The van der Waals surface area contributed by atoms with Crippen LogP contribution in [0.1, 0.15) is 119 Å². The van der Waals surface area contributed by atoms with Gasteiger partial charge in [-0.2, -0.15) is 0 Å². The van der Waals surface area contributed by atoms with Crippen molar-refractivity contribution >= 4 is 17.9 Å². The maximum Gasteiger partial charge on any atom is 0.306 e. The second-order valence-corrected chi connectivity index (χ2v) is 7.76. The van der Waals surface area contributed by atoms with Gasteiger partial charge in [-0.15, -0.1) is 0 Å². The molecule has 0 spiro atoms.